The highest BCUT2D eigenvalue weighted by Crippen LogP contribution is 2.76. The molecule has 1 N–H and O–H groups in total. The molecule has 8 nitrogen and oxygen atoms in total. The van der Waals surface area contributed by atoms with E-state index < -0.39 is 11.6 Å². The van der Waals surface area contributed by atoms with Crippen LogP contribution in [0.3, 0.4) is 0 Å². The number of aromatic nitrogens is 2. The van der Waals surface area contributed by atoms with Crippen LogP contribution in [0, 0.1) is 92.7 Å². The Morgan fingerprint density at radius 3 is 1.84 bits per heavy atom. The molecule has 1 aromatic heterocycles. The number of aliphatic hydroxyl groups excluding tert-OH is 1. The zero-order chi connectivity index (χ0) is 43.0. The van der Waals surface area contributed by atoms with Crippen LogP contribution in [-0.4, -0.2) is 70.4 Å². The summed E-state index contributed by atoms with van der Waals surface area (Å²) in [6.45, 7) is 22.0. The van der Waals surface area contributed by atoms with Crippen molar-refractivity contribution in [1.82, 2.24) is 9.97 Å². The average molecular weight is 861 g/mol. The molecule has 0 amide bonds. The van der Waals surface area contributed by atoms with E-state index in [0.717, 1.165) is 77.6 Å². The van der Waals surface area contributed by atoms with Crippen molar-refractivity contribution in [3.8, 4) is 0 Å². The molecule has 6 heterocycles. The van der Waals surface area contributed by atoms with E-state index in [1.807, 2.05) is 0 Å². The number of nitrogens with zero attached hydrogens (tertiary/aromatic N) is 2. The number of aliphatic hydroxyl groups is 1. The van der Waals surface area contributed by atoms with Gasteiger partial charge >= 0.3 is 0 Å². The SMILES string of the molecule is C[C@@H]1CC[C@@]2(OC1)O[C@H]1C=C3[C@@H]4CC[C@H]5Cc6nc7c(nc6C[C@]5(C)[C@H]4C[C@H]4CO[C@@]1([C@@H]2C)[C@]34C)C[C@@H]1CC[C@H]2C3=C[C@@H]4O[C@]5(CC[C@@H](C)CO5)[C@@H](C)[C@@H]4[C@@]3(C)[C@H](O)C[C@@H]2[C@@]1(C)C7. The van der Waals surface area contributed by atoms with Crippen LogP contribution in [0.5, 0.6) is 0 Å². The van der Waals surface area contributed by atoms with E-state index in [4.69, 9.17) is 33.7 Å². The molecule has 22 atom stereocenters. The van der Waals surface area contributed by atoms with E-state index in [-0.39, 0.29) is 63.3 Å². The number of ether oxygens (including phenoxy) is 5. The first-order valence-electron chi connectivity index (χ1n) is 26.4. The van der Waals surface area contributed by atoms with E-state index in [2.05, 4.69) is 67.5 Å². The van der Waals surface area contributed by atoms with Crippen molar-refractivity contribution in [2.75, 3.05) is 19.8 Å². The van der Waals surface area contributed by atoms with E-state index >= 15 is 0 Å². The Balaban J connectivity index is 0.736. The van der Waals surface area contributed by atoms with Gasteiger partial charge in [-0.15, -0.1) is 0 Å². The topological polar surface area (TPSA) is 92.2 Å². The Morgan fingerprint density at radius 2 is 1.22 bits per heavy atom. The zero-order valence-corrected chi connectivity index (χ0v) is 39.7. The van der Waals surface area contributed by atoms with Gasteiger partial charge in [-0.05, 0) is 141 Å². The fraction of sp³-hybridized carbons (Fsp3) is 0.855. The monoisotopic (exact) mass is 861 g/mol. The molecule has 4 saturated carbocycles. The van der Waals surface area contributed by atoms with Crippen molar-refractivity contribution < 1.29 is 28.8 Å². The molecule has 63 heavy (non-hydrogen) atoms. The van der Waals surface area contributed by atoms with Gasteiger partial charge in [0, 0.05) is 41.4 Å². The number of hydrogen-bond acceptors (Lipinski definition) is 8. The van der Waals surface area contributed by atoms with Crippen molar-refractivity contribution in [3.05, 3.63) is 46.1 Å². The predicted octanol–water partition coefficient (Wildman–Crippen LogP) is 9.39. The first kappa shape index (κ1) is 40.4. The molecule has 0 bridgehead atoms. The lowest BCUT2D eigenvalue weighted by Gasteiger charge is -2.61. The number of rotatable bonds is 0. The third kappa shape index (κ3) is 4.68. The van der Waals surface area contributed by atoms with Crippen LogP contribution in [0.4, 0.5) is 0 Å². The van der Waals surface area contributed by atoms with Gasteiger partial charge in [0.2, 0.25) is 0 Å². The van der Waals surface area contributed by atoms with Gasteiger partial charge in [0.1, 0.15) is 11.7 Å². The Morgan fingerprint density at radius 1 is 0.619 bits per heavy atom. The highest BCUT2D eigenvalue weighted by atomic mass is 16.7. The normalized spacial score (nSPS) is 58.9. The Hall–Kier alpha value is -1.68. The third-order valence-electron chi connectivity index (χ3n) is 23.8. The summed E-state index contributed by atoms with van der Waals surface area (Å²) in [6.07, 6.45) is 20.3. The van der Waals surface area contributed by atoms with Crippen LogP contribution in [0.15, 0.2) is 23.3 Å². The maximum Gasteiger partial charge on any atom is 0.174 e. The molecule has 13 aliphatic rings. The smallest absolute Gasteiger partial charge is 0.174 e. The molecule has 0 aromatic carbocycles. The van der Waals surface area contributed by atoms with Gasteiger partial charge in [-0.1, -0.05) is 78.7 Å². The molecule has 0 unspecified atom stereocenters. The minimum absolute atomic E-state index is 0.00649. The fourth-order valence-corrected chi connectivity index (χ4v) is 20.0. The van der Waals surface area contributed by atoms with Gasteiger partial charge in [0.05, 0.1) is 54.8 Å². The van der Waals surface area contributed by atoms with Crippen LogP contribution in [0.2, 0.25) is 0 Å². The lowest BCUT2D eigenvalue weighted by Crippen LogP contribution is -2.60. The molecule has 14 rings (SSSR count). The van der Waals surface area contributed by atoms with E-state index in [1.54, 1.807) is 5.57 Å². The molecular formula is C55H76N2O6. The lowest BCUT2D eigenvalue weighted by molar-refractivity contribution is -0.266. The minimum atomic E-state index is -0.507. The Labute approximate surface area is 376 Å². The molecule has 1 aromatic rings. The van der Waals surface area contributed by atoms with Gasteiger partial charge in [-0.2, -0.15) is 0 Å². The lowest BCUT2D eigenvalue weighted by atomic mass is 9.43. The second kappa shape index (κ2) is 12.7. The molecule has 3 spiro atoms. The molecule has 342 valence electrons. The largest absolute Gasteiger partial charge is 0.392 e. The summed E-state index contributed by atoms with van der Waals surface area (Å²) < 4.78 is 34.6. The Bertz CT molecular complexity index is 2210. The molecule has 0 radical (unpaired) electrons. The number of hydrogen-bond donors (Lipinski definition) is 1. The minimum Gasteiger partial charge on any atom is -0.392 e. The molecule has 8 heteroatoms. The van der Waals surface area contributed by atoms with Crippen molar-refractivity contribution in [2.45, 2.75) is 181 Å². The van der Waals surface area contributed by atoms with E-state index in [9.17, 15) is 5.11 Å². The van der Waals surface area contributed by atoms with Gasteiger partial charge in [-0.3, -0.25) is 9.97 Å². The van der Waals surface area contributed by atoms with Gasteiger partial charge in [0.25, 0.3) is 0 Å². The molecule has 5 saturated heterocycles. The molecular weight excluding hydrogens is 785 g/mol. The quantitative estimate of drug-likeness (QED) is 0.258. The van der Waals surface area contributed by atoms with E-state index in [0.29, 0.717) is 53.3 Å². The highest BCUT2D eigenvalue weighted by Gasteiger charge is 2.80. The van der Waals surface area contributed by atoms with Crippen LogP contribution < -0.4 is 0 Å². The summed E-state index contributed by atoms with van der Waals surface area (Å²) in [7, 11) is 0. The number of fused-ring (bicyclic) bond motifs is 13. The first-order chi connectivity index (χ1) is 30.1. The average Bonchev–Trinajstić information content (AvgIpc) is 3.96. The second-order valence-electron chi connectivity index (χ2n) is 26.0. The highest BCUT2D eigenvalue weighted by molar-refractivity contribution is 5.44. The van der Waals surface area contributed by atoms with Crippen molar-refractivity contribution in [2.24, 2.45) is 92.7 Å². The summed E-state index contributed by atoms with van der Waals surface area (Å²) in [4.78, 5) is 11.5. The maximum absolute atomic E-state index is 12.5. The molecule has 5 aliphatic heterocycles. The third-order valence-corrected chi connectivity index (χ3v) is 23.8. The van der Waals surface area contributed by atoms with Crippen molar-refractivity contribution in [1.29, 1.82) is 0 Å². The summed E-state index contributed by atoms with van der Waals surface area (Å²) in [5, 5.41) is 12.5. The molecule has 8 aliphatic carbocycles. The van der Waals surface area contributed by atoms with Crippen LogP contribution in [0.25, 0.3) is 0 Å². The van der Waals surface area contributed by atoms with Gasteiger partial charge in [0.15, 0.2) is 11.6 Å². The van der Waals surface area contributed by atoms with Crippen molar-refractivity contribution >= 4 is 0 Å². The van der Waals surface area contributed by atoms with Crippen LogP contribution in [0.1, 0.15) is 142 Å². The van der Waals surface area contributed by atoms with Gasteiger partial charge < -0.3 is 28.8 Å². The van der Waals surface area contributed by atoms with E-state index in [1.165, 1.54) is 60.5 Å². The fourth-order valence-electron chi connectivity index (χ4n) is 20.0. The summed E-state index contributed by atoms with van der Waals surface area (Å²) in [5.41, 5.74) is 8.13. The summed E-state index contributed by atoms with van der Waals surface area (Å²) in [6, 6.07) is 0. The first-order valence-corrected chi connectivity index (χ1v) is 26.4. The van der Waals surface area contributed by atoms with Crippen molar-refractivity contribution in [3.63, 3.8) is 0 Å². The zero-order valence-electron chi connectivity index (χ0n) is 39.7. The van der Waals surface area contributed by atoms with Crippen LogP contribution in [-0.2, 0) is 49.4 Å². The Kier molecular flexibility index (Phi) is 8.14. The summed E-state index contributed by atoms with van der Waals surface area (Å²) >= 11 is 0. The predicted molar refractivity (Wildman–Crippen MR) is 238 cm³/mol. The molecule has 9 fully saturated rings. The maximum atomic E-state index is 12.5. The van der Waals surface area contributed by atoms with Gasteiger partial charge in [-0.25, -0.2) is 0 Å². The van der Waals surface area contributed by atoms with Crippen LogP contribution >= 0.6 is 0 Å². The standard InChI is InChI=1S/C55H76N2O6/c1-28-13-15-53(59-25-28)30(3)48-45(62-53)20-39-35-11-9-33-19-42-44(24-50(33,6)38(35)21-46(58)51(39,48)7)57-41-18-32-10-12-36-37(49(32,5)23-43(41)56-42)17-34-27-61-55-31(4)54(16-14-29(2)26-60-54)63-47(55)22-40(36)52(34,55)8/h20,22,28-38,45-48,58H,9-19,21,23-27H2,1-8H3/t28-,29-,30+,31-,32+,33+,34+,35-,36-,37+,38+,45+,46-,47+,48+,49+,50+,51-,52+,53-,54-,55-/m1/s1. The summed E-state index contributed by atoms with van der Waals surface area (Å²) in [5.74, 6) is 4.81. The second-order valence-corrected chi connectivity index (χ2v) is 26.0.